The second-order valence-electron chi connectivity index (χ2n) is 5.07. The molecule has 18 heavy (non-hydrogen) atoms. The Balaban J connectivity index is 2.12. The van der Waals surface area contributed by atoms with Crippen LogP contribution in [0.4, 0.5) is 0 Å². The van der Waals surface area contributed by atoms with Crippen molar-refractivity contribution in [2.45, 2.75) is 38.6 Å². The molecule has 0 radical (unpaired) electrons. The fourth-order valence-electron chi connectivity index (χ4n) is 2.93. The van der Waals surface area contributed by atoms with Gasteiger partial charge in [0.05, 0.1) is 11.4 Å². The highest BCUT2D eigenvalue weighted by Gasteiger charge is 2.22. The maximum Gasteiger partial charge on any atom is 0.0868 e. The first-order chi connectivity index (χ1) is 8.70. The average molecular weight is 244 g/mol. The summed E-state index contributed by atoms with van der Waals surface area (Å²) in [7, 11) is 1.98. The Kier molecular flexibility index (Phi) is 2.74. The minimum atomic E-state index is 0.205. The van der Waals surface area contributed by atoms with Crippen LogP contribution in [0.5, 0.6) is 0 Å². The van der Waals surface area contributed by atoms with Crippen LogP contribution >= 0.6 is 0 Å². The summed E-state index contributed by atoms with van der Waals surface area (Å²) in [5, 5.41) is 4.52. The van der Waals surface area contributed by atoms with Crippen molar-refractivity contribution in [1.82, 2.24) is 14.3 Å². The molecule has 4 nitrogen and oxygen atoms in total. The van der Waals surface area contributed by atoms with Gasteiger partial charge in [0.1, 0.15) is 0 Å². The molecular formula is C14H20N4. The molecule has 2 aromatic rings. The van der Waals surface area contributed by atoms with Gasteiger partial charge in [0.15, 0.2) is 0 Å². The lowest BCUT2D eigenvalue weighted by Gasteiger charge is -2.20. The molecule has 0 bridgehead atoms. The Morgan fingerprint density at radius 1 is 1.50 bits per heavy atom. The van der Waals surface area contributed by atoms with Crippen molar-refractivity contribution in [2.24, 2.45) is 12.8 Å². The SMILES string of the molecule is CCc1nn(C)cc1-n1ccc2c1CCCC2N. The van der Waals surface area contributed by atoms with E-state index >= 15 is 0 Å². The van der Waals surface area contributed by atoms with Gasteiger partial charge >= 0.3 is 0 Å². The zero-order chi connectivity index (χ0) is 12.7. The number of rotatable bonds is 2. The quantitative estimate of drug-likeness (QED) is 0.879. The number of nitrogens with zero attached hydrogens (tertiary/aromatic N) is 3. The average Bonchev–Trinajstić information content (AvgIpc) is 2.93. The van der Waals surface area contributed by atoms with Crippen LogP contribution in [0.1, 0.15) is 42.8 Å². The molecule has 0 saturated carbocycles. The summed E-state index contributed by atoms with van der Waals surface area (Å²) in [5.74, 6) is 0. The highest BCUT2D eigenvalue weighted by Crippen LogP contribution is 2.31. The van der Waals surface area contributed by atoms with E-state index in [0.717, 1.165) is 25.0 Å². The van der Waals surface area contributed by atoms with Crippen molar-refractivity contribution in [3.63, 3.8) is 0 Å². The van der Waals surface area contributed by atoms with E-state index in [9.17, 15) is 0 Å². The molecule has 4 heteroatoms. The molecule has 3 rings (SSSR count). The highest BCUT2D eigenvalue weighted by atomic mass is 15.3. The zero-order valence-corrected chi connectivity index (χ0v) is 11.1. The molecular weight excluding hydrogens is 224 g/mol. The summed E-state index contributed by atoms with van der Waals surface area (Å²) in [6.07, 6.45) is 8.60. The van der Waals surface area contributed by atoms with E-state index in [0.29, 0.717) is 0 Å². The monoisotopic (exact) mass is 244 g/mol. The van der Waals surface area contributed by atoms with Gasteiger partial charge in [-0.1, -0.05) is 6.92 Å². The van der Waals surface area contributed by atoms with E-state index in [1.807, 2.05) is 11.7 Å². The summed E-state index contributed by atoms with van der Waals surface area (Å²) in [6.45, 7) is 2.15. The lowest BCUT2D eigenvalue weighted by atomic mass is 9.93. The summed E-state index contributed by atoms with van der Waals surface area (Å²) in [5.41, 5.74) is 11.2. The van der Waals surface area contributed by atoms with E-state index in [2.05, 4.69) is 35.0 Å². The Labute approximate surface area is 107 Å². The lowest BCUT2D eigenvalue weighted by molar-refractivity contribution is 0.560. The van der Waals surface area contributed by atoms with Gasteiger partial charge in [0.25, 0.3) is 0 Å². The Morgan fingerprint density at radius 3 is 3.11 bits per heavy atom. The standard InChI is InChI=1S/C14H20N4/c1-3-12-14(9-17(2)16-12)18-8-7-10-11(15)5-4-6-13(10)18/h7-9,11H,3-6,15H2,1-2H3. The fraction of sp³-hybridized carbons (Fsp3) is 0.500. The first-order valence-electron chi connectivity index (χ1n) is 6.69. The number of hydrogen-bond acceptors (Lipinski definition) is 2. The molecule has 0 spiro atoms. The third-order valence-corrected chi connectivity index (χ3v) is 3.83. The first-order valence-corrected chi connectivity index (χ1v) is 6.69. The van der Waals surface area contributed by atoms with Crippen LogP contribution in [0.25, 0.3) is 5.69 Å². The number of aromatic nitrogens is 3. The summed E-state index contributed by atoms with van der Waals surface area (Å²) >= 11 is 0. The molecule has 0 fully saturated rings. The van der Waals surface area contributed by atoms with Gasteiger partial charge < -0.3 is 10.3 Å². The van der Waals surface area contributed by atoms with Gasteiger partial charge in [-0.2, -0.15) is 5.10 Å². The van der Waals surface area contributed by atoms with Crippen LogP contribution in [0.15, 0.2) is 18.5 Å². The number of hydrogen-bond donors (Lipinski definition) is 1. The fourth-order valence-corrected chi connectivity index (χ4v) is 2.93. The third-order valence-electron chi connectivity index (χ3n) is 3.83. The van der Waals surface area contributed by atoms with Crippen molar-refractivity contribution in [3.05, 3.63) is 35.4 Å². The smallest absolute Gasteiger partial charge is 0.0868 e. The maximum absolute atomic E-state index is 6.18. The van der Waals surface area contributed by atoms with Gasteiger partial charge in [0.2, 0.25) is 0 Å². The van der Waals surface area contributed by atoms with Crippen LogP contribution in [0, 0.1) is 0 Å². The van der Waals surface area contributed by atoms with Crippen molar-refractivity contribution < 1.29 is 0 Å². The van der Waals surface area contributed by atoms with Crippen molar-refractivity contribution in [3.8, 4) is 5.69 Å². The largest absolute Gasteiger partial charge is 0.324 e. The Bertz CT molecular complexity index is 564. The maximum atomic E-state index is 6.18. The molecule has 0 saturated heterocycles. The second-order valence-corrected chi connectivity index (χ2v) is 5.07. The van der Waals surface area contributed by atoms with Gasteiger partial charge in [0, 0.05) is 31.2 Å². The van der Waals surface area contributed by atoms with E-state index in [-0.39, 0.29) is 6.04 Å². The number of aryl methyl sites for hydroxylation is 2. The third kappa shape index (κ3) is 1.68. The van der Waals surface area contributed by atoms with Crippen LogP contribution < -0.4 is 5.73 Å². The van der Waals surface area contributed by atoms with Crippen LogP contribution in [-0.2, 0) is 19.9 Å². The van der Waals surface area contributed by atoms with Gasteiger partial charge in [-0.15, -0.1) is 0 Å². The Morgan fingerprint density at radius 2 is 2.33 bits per heavy atom. The molecule has 1 unspecified atom stereocenters. The first kappa shape index (κ1) is 11.5. The van der Waals surface area contributed by atoms with Crippen LogP contribution in [0.2, 0.25) is 0 Å². The van der Waals surface area contributed by atoms with E-state index in [1.54, 1.807) is 0 Å². The van der Waals surface area contributed by atoms with E-state index in [4.69, 9.17) is 5.73 Å². The van der Waals surface area contributed by atoms with Crippen molar-refractivity contribution in [2.75, 3.05) is 0 Å². The predicted molar refractivity (Wildman–Crippen MR) is 71.8 cm³/mol. The molecule has 1 aliphatic rings. The molecule has 96 valence electrons. The minimum absolute atomic E-state index is 0.205. The number of fused-ring (bicyclic) bond motifs is 1. The topological polar surface area (TPSA) is 48.8 Å². The molecule has 1 aliphatic carbocycles. The second kappa shape index (κ2) is 4.28. The zero-order valence-electron chi connectivity index (χ0n) is 11.1. The summed E-state index contributed by atoms with van der Waals surface area (Å²) in [4.78, 5) is 0. The summed E-state index contributed by atoms with van der Waals surface area (Å²) < 4.78 is 4.17. The van der Waals surface area contributed by atoms with E-state index < -0.39 is 0 Å². The molecule has 1 atom stereocenters. The summed E-state index contributed by atoms with van der Waals surface area (Å²) in [6, 6.07) is 2.38. The Hall–Kier alpha value is -1.55. The molecule has 2 N–H and O–H groups in total. The molecule has 2 aromatic heterocycles. The van der Waals surface area contributed by atoms with E-state index in [1.165, 1.54) is 23.4 Å². The lowest BCUT2D eigenvalue weighted by Crippen LogP contribution is -2.18. The van der Waals surface area contributed by atoms with Gasteiger partial charge in [-0.3, -0.25) is 4.68 Å². The van der Waals surface area contributed by atoms with Gasteiger partial charge in [-0.25, -0.2) is 0 Å². The predicted octanol–water partition coefficient (Wildman–Crippen LogP) is 2.11. The normalized spacial score (nSPS) is 18.9. The molecule has 2 heterocycles. The minimum Gasteiger partial charge on any atom is -0.324 e. The van der Waals surface area contributed by atoms with Crippen LogP contribution in [-0.4, -0.2) is 14.3 Å². The van der Waals surface area contributed by atoms with Gasteiger partial charge in [-0.05, 0) is 37.3 Å². The molecule has 0 aliphatic heterocycles. The number of nitrogens with two attached hydrogens (primary N) is 1. The van der Waals surface area contributed by atoms with Crippen molar-refractivity contribution in [1.29, 1.82) is 0 Å². The highest BCUT2D eigenvalue weighted by molar-refractivity contribution is 5.42. The molecule has 0 amide bonds. The van der Waals surface area contributed by atoms with Crippen LogP contribution in [0.3, 0.4) is 0 Å². The molecule has 0 aromatic carbocycles. The van der Waals surface area contributed by atoms with Crippen molar-refractivity contribution >= 4 is 0 Å².